The highest BCUT2D eigenvalue weighted by atomic mass is 16.4. The van der Waals surface area contributed by atoms with Gasteiger partial charge in [0.25, 0.3) is 0 Å². The molecule has 0 unspecified atom stereocenters. The zero-order chi connectivity index (χ0) is 16.9. The molecule has 0 aliphatic rings. The molecule has 116 valence electrons. The van der Waals surface area contributed by atoms with Crippen molar-refractivity contribution >= 4 is 11.9 Å². The Morgan fingerprint density at radius 2 is 1.27 bits per heavy atom. The number of rotatable bonds is 2. The molecule has 0 radical (unpaired) electrons. The summed E-state index contributed by atoms with van der Waals surface area (Å²) in [6.07, 6.45) is 0. The van der Waals surface area contributed by atoms with Crippen LogP contribution in [0.4, 0.5) is 0 Å². The normalized spacial score (nSPS) is 9.64. The molecule has 0 amide bonds. The minimum absolute atomic E-state index is 0.363. The van der Waals surface area contributed by atoms with Crippen LogP contribution >= 0.6 is 0 Å². The molecule has 0 atom stereocenters. The van der Waals surface area contributed by atoms with Crippen molar-refractivity contribution in [3.05, 3.63) is 69.8 Å². The minimum Gasteiger partial charge on any atom is -0.478 e. The first kappa shape index (κ1) is 17.4. The maximum atomic E-state index is 10.6. The molecular formula is C18H20O4. The van der Waals surface area contributed by atoms with E-state index >= 15 is 0 Å². The Morgan fingerprint density at radius 1 is 0.727 bits per heavy atom. The van der Waals surface area contributed by atoms with E-state index in [1.165, 1.54) is 0 Å². The number of hydrogen-bond acceptors (Lipinski definition) is 2. The maximum Gasteiger partial charge on any atom is 0.335 e. The number of hydrogen-bond donors (Lipinski definition) is 2. The lowest BCUT2D eigenvalue weighted by Crippen LogP contribution is -1.99. The lowest BCUT2D eigenvalue weighted by atomic mass is 10.1. The quantitative estimate of drug-likeness (QED) is 0.879. The van der Waals surface area contributed by atoms with Gasteiger partial charge in [0.1, 0.15) is 0 Å². The summed E-state index contributed by atoms with van der Waals surface area (Å²) in [5.74, 6) is -1.72. The highest BCUT2D eigenvalue weighted by molar-refractivity contribution is 5.89. The molecule has 0 saturated heterocycles. The zero-order valence-electron chi connectivity index (χ0n) is 13.2. The zero-order valence-corrected chi connectivity index (χ0v) is 13.2. The van der Waals surface area contributed by atoms with Crippen molar-refractivity contribution in [3.8, 4) is 0 Å². The van der Waals surface area contributed by atoms with Crippen molar-refractivity contribution < 1.29 is 19.8 Å². The van der Waals surface area contributed by atoms with E-state index in [1.54, 1.807) is 25.1 Å². The van der Waals surface area contributed by atoms with Crippen molar-refractivity contribution in [2.75, 3.05) is 0 Å². The molecule has 2 aromatic rings. The maximum absolute atomic E-state index is 10.6. The summed E-state index contributed by atoms with van der Waals surface area (Å²) in [6, 6.07) is 10.7. The Labute approximate surface area is 130 Å². The summed E-state index contributed by atoms with van der Waals surface area (Å²) >= 11 is 0. The highest BCUT2D eigenvalue weighted by Gasteiger charge is 2.05. The molecule has 0 saturated carbocycles. The Balaban J connectivity index is 0.000000220. The first-order valence-electron chi connectivity index (χ1n) is 6.83. The van der Waals surface area contributed by atoms with E-state index in [0.29, 0.717) is 11.1 Å². The fourth-order valence-electron chi connectivity index (χ4n) is 2.06. The van der Waals surface area contributed by atoms with E-state index < -0.39 is 11.9 Å². The van der Waals surface area contributed by atoms with Gasteiger partial charge in [0, 0.05) is 0 Å². The average molecular weight is 300 g/mol. The predicted molar refractivity (Wildman–Crippen MR) is 85.8 cm³/mol. The summed E-state index contributed by atoms with van der Waals surface area (Å²) in [6.45, 7) is 7.45. The van der Waals surface area contributed by atoms with Gasteiger partial charge in [-0.25, -0.2) is 9.59 Å². The van der Waals surface area contributed by atoms with Crippen LogP contribution in [0.25, 0.3) is 0 Å². The third-order valence-electron chi connectivity index (χ3n) is 3.09. The number of aryl methyl sites for hydroxylation is 4. The molecule has 0 heterocycles. The first-order chi connectivity index (χ1) is 10.2. The topological polar surface area (TPSA) is 74.6 Å². The molecule has 2 N–H and O–H groups in total. The largest absolute Gasteiger partial charge is 0.478 e. The summed E-state index contributed by atoms with van der Waals surface area (Å²) in [5.41, 5.74) is 4.52. The summed E-state index contributed by atoms with van der Waals surface area (Å²) in [4.78, 5) is 21.1. The number of carboxylic acids is 2. The van der Waals surface area contributed by atoms with Crippen molar-refractivity contribution in [1.29, 1.82) is 0 Å². The first-order valence-corrected chi connectivity index (χ1v) is 6.83. The molecule has 0 bridgehead atoms. The Kier molecular flexibility index (Phi) is 5.87. The third kappa shape index (κ3) is 5.05. The molecule has 22 heavy (non-hydrogen) atoms. The molecule has 4 nitrogen and oxygen atoms in total. The van der Waals surface area contributed by atoms with Gasteiger partial charge in [-0.1, -0.05) is 34.9 Å². The van der Waals surface area contributed by atoms with Crippen molar-refractivity contribution in [3.63, 3.8) is 0 Å². The van der Waals surface area contributed by atoms with Gasteiger partial charge in [0.15, 0.2) is 0 Å². The second-order valence-electron chi connectivity index (χ2n) is 5.31. The van der Waals surface area contributed by atoms with E-state index in [-0.39, 0.29) is 0 Å². The second-order valence-corrected chi connectivity index (χ2v) is 5.31. The number of benzene rings is 2. The van der Waals surface area contributed by atoms with Crippen LogP contribution in [0.5, 0.6) is 0 Å². The van der Waals surface area contributed by atoms with Crippen LogP contribution in [0.1, 0.15) is 43.0 Å². The van der Waals surface area contributed by atoms with Gasteiger partial charge in [0.05, 0.1) is 11.1 Å². The third-order valence-corrected chi connectivity index (χ3v) is 3.09. The molecule has 0 aliphatic carbocycles. The summed E-state index contributed by atoms with van der Waals surface area (Å²) < 4.78 is 0. The van der Waals surface area contributed by atoms with Gasteiger partial charge in [0.2, 0.25) is 0 Å². The monoisotopic (exact) mass is 300 g/mol. The van der Waals surface area contributed by atoms with Crippen LogP contribution in [-0.2, 0) is 0 Å². The Bertz CT molecular complexity index is 682. The van der Waals surface area contributed by atoms with Crippen molar-refractivity contribution in [1.82, 2.24) is 0 Å². The van der Waals surface area contributed by atoms with Crippen LogP contribution in [-0.4, -0.2) is 22.2 Å². The molecule has 0 aliphatic heterocycles. The van der Waals surface area contributed by atoms with Gasteiger partial charge in [-0.3, -0.25) is 0 Å². The summed E-state index contributed by atoms with van der Waals surface area (Å²) in [5, 5.41) is 17.3. The average Bonchev–Trinajstić information content (AvgIpc) is 2.41. The van der Waals surface area contributed by atoms with Crippen LogP contribution < -0.4 is 0 Å². The van der Waals surface area contributed by atoms with Gasteiger partial charge in [-0.15, -0.1) is 0 Å². The second kappa shape index (κ2) is 7.41. The van der Waals surface area contributed by atoms with E-state index in [4.69, 9.17) is 10.2 Å². The summed E-state index contributed by atoms with van der Waals surface area (Å²) in [7, 11) is 0. The van der Waals surface area contributed by atoms with Crippen molar-refractivity contribution in [2.45, 2.75) is 27.7 Å². The van der Waals surface area contributed by atoms with E-state index in [1.807, 2.05) is 39.0 Å². The van der Waals surface area contributed by atoms with E-state index in [2.05, 4.69) is 0 Å². The molecule has 2 rings (SSSR count). The van der Waals surface area contributed by atoms with Gasteiger partial charge in [-0.2, -0.15) is 0 Å². The number of carboxylic acid groups (broad SMARTS) is 2. The van der Waals surface area contributed by atoms with Crippen LogP contribution in [0, 0.1) is 27.7 Å². The van der Waals surface area contributed by atoms with Crippen molar-refractivity contribution in [2.24, 2.45) is 0 Å². The van der Waals surface area contributed by atoms with Crippen LogP contribution in [0.3, 0.4) is 0 Å². The molecule has 0 aromatic heterocycles. The van der Waals surface area contributed by atoms with Gasteiger partial charge >= 0.3 is 11.9 Å². The Morgan fingerprint density at radius 3 is 1.68 bits per heavy atom. The molecular weight excluding hydrogens is 280 g/mol. The standard InChI is InChI=1S/2C9H10O2/c1-6-3-7(2)5-8(4-6)9(10)11;1-6-3-4-7(2)8(5-6)9(10)11/h2*3-5H,1-2H3,(H,10,11). The smallest absolute Gasteiger partial charge is 0.335 e. The SMILES string of the molecule is Cc1cc(C)cc(C(=O)O)c1.Cc1ccc(C)c(C(=O)O)c1. The molecule has 4 heteroatoms. The Hall–Kier alpha value is -2.62. The lowest BCUT2D eigenvalue weighted by Gasteiger charge is -2.00. The van der Waals surface area contributed by atoms with E-state index in [0.717, 1.165) is 22.3 Å². The van der Waals surface area contributed by atoms with Crippen LogP contribution in [0.2, 0.25) is 0 Å². The molecule has 0 fully saturated rings. The fraction of sp³-hybridized carbons (Fsp3) is 0.222. The van der Waals surface area contributed by atoms with Gasteiger partial charge < -0.3 is 10.2 Å². The number of aromatic carboxylic acids is 2. The minimum atomic E-state index is -0.864. The van der Waals surface area contributed by atoms with Gasteiger partial charge in [-0.05, 0) is 51.5 Å². The molecule has 2 aromatic carbocycles. The lowest BCUT2D eigenvalue weighted by molar-refractivity contribution is 0.0685. The van der Waals surface area contributed by atoms with Crippen LogP contribution in [0.15, 0.2) is 36.4 Å². The van der Waals surface area contributed by atoms with E-state index in [9.17, 15) is 9.59 Å². The molecule has 0 spiro atoms. The highest BCUT2D eigenvalue weighted by Crippen LogP contribution is 2.10. The number of carbonyl (C=O) groups is 2. The fourth-order valence-corrected chi connectivity index (χ4v) is 2.06. The predicted octanol–water partition coefficient (Wildman–Crippen LogP) is 4.00.